The van der Waals surface area contributed by atoms with Crippen LogP contribution in [0, 0.1) is 0 Å². The number of anilines is 2. The summed E-state index contributed by atoms with van der Waals surface area (Å²) >= 11 is 2.54. The Bertz CT molecular complexity index is 1360. The van der Waals surface area contributed by atoms with Crippen LogP contribution in [-0.4, -0.2) is 20.9 Å². The van der Waals surface area contributed by atoms with Crippen LogP contribution in [0.5, 0.6) is 5.75 Å². The van der Waals surface area contributed by atoms with Crippen molar-refractivity contribution in [3.8, 4) is 5.75 Å². The minimum absolute atomic E-state index is 0.184. The second-order valence-corrected chi connectivity index (χ2v) is 11.4. The van der Waals surface area contributed by atoms with Crippen LogP contribution in [-0.2, 0) is 14.8 Å². The van der Waals surface area contributed by atoms with E-state index in [0.29, 0.717) is 23.7 Å². The molecule has 1 amide bonds. The van der Waals surface area contributed by atoms with Crippen LogP contribution in [0.3, 0.4) is 0 Å². The van der Waals surface area contributed by atoms with Crippen molar-refractivity contribution >= 4 is 50.4 Å². The van der Waals surface area contributed by atoms with Gasteiger partial charge in [-0.2, -0.15) is 0 Å². The molecule has 0 aliphatic carbocycles. The van der Waals surface area contributed by atoms with Gasteiger partial charge in [0, 0.05) is 10.6 Å². The highest BCUT2D eigenvalue weighted by molar-refractivity contribution is 8.00. The summed E-state index contributed by atoms with van der Waals surface area (Å²) in [6.07, 6.45) is 0. The molecule has 35 heavy (non-hydrogen) atoms. The van der Waals surface area contributed by atoms with E-state index in [2.05, 4.69) is 10.0 Å². The smallest absolute Gasteiger partial charge is 0.271 e. The second-order valence-electron chi connectivity index (χ2n) is 7.39. The largest absolute Gasteiger partial charge is 0.492 e. The number of nitrogens with one attached hydrogen (secondary N) is 2. The van der Waals surface area contributed by atoms with Crippen LogP contribution in [0.1, 0.15) is 17.7 Å². The van der Waals surface area contributed by atoms with Crippen LogP contribution < -0.4 is 14.8 Å². The van der Waals surface area contributed by atoms with E-state index in [9.17, 15) is 13.2 Å². The SMILES string of the molecule is CCOc1ccccc1NC(=O)C(Sc1ccc(NS(=O)(=O)c2cccs2)cc1)c1ccccc1. The van der Waals surface area contributed by atoms with E-state index < -0.39 is 15.3 Å². The molecule has 0 spiro atoms. The average molecular weight is 525 g/mol. The Kier molecular flexibility index (Phi) is 8.12. The molecule has 1 aromatic heterocycles. The summed E-state index contributed by atoms with van der Waals surface area (Å²) in [6.45, 7) is 2.39. The van der Waals surface area contributed by atoms with Gasteiger partial charge in [-0.3, -0.25) is 9.52 Å². The Labute approximate surface area is 213 Å². The fourth-order valence-corrected chi connectivity index (χ4v) is 6.39. The number of thiophene rings is 1. The summed E-state index contributed by atoms with van der Waals surface area (Å²) in [5.74, 6) is 0.429. The van der Waals surface area contributed by atoms with Gasteiger partial charge in [-0.25, -0.2) is 8.42 Å². The number of carbonyl (C=O) groups excluding carboxylic acids is 1. The lowest BCUT2D eigenvalue weighted by Crippen LogP contribution is -2.19. The standard InChI is InChI=1S/C26H24N2O4S3/c1-2-32-23-12-7-6-11-22(23)27-26(29)25(19-9-4-3-5-10-19)34-21-16-14-20(15-17-21)28-35(30,31)24-13-8-18-33-24/h3-18,25,28H,2H2,1H3,(H,27,29). The first kappa shape index (κ1) is 24.8. The Hall–Kier alpha value is -3.27. The monoisotopic (exact) mass is 524 g/mol. The van der Waals surface area contributed by atoms with Crippen molar-refractivity contribution in [3.63, 3.8) is 0 Å². The normalized spacial score (nSPS) is 12.0. The third-order valence-electron chi connectivity index (χ3n) is 4.91. The molecule has 180 valence electrons. The molecule has 0 aliphatic heterocycles. The van der Waals surface area contributed by atoms with Crippen molar-refractivity contribution in [3.05, 3.63) is 102 Å². The van der Waals surface area contributed by atoms with Crippen molar-refractivity contribution in [2.24, 2.45) is 0 Å². The van der Waals surface area contributed by atoms with Crippen molar-refractivity contribution in [1.82, 2.24) is 0 Å². The van der Waals surface area contributed by atoms with Crippen LogP contribution >= 0.6 is 23.1 Å². The first-order valence-electron chi connectivity index (χ1n) is 10.9. The molecule has 1 heterocycles. The molecule has 0 fully saturated rings. The fraction of sp³-hybridized carbons (Fsp3) is 0.115. The van der Waals surface area contributed by atoms with Crippen LogP contribution in [0.4, 0.5) is 11.4 Å². The van der Waals surface area contributed by atoms with Gasteiger partial charge in [-0.15, -0.1) is 23.1 Å². The number of hydrogen-bond acceptors (Lipinski definition) is 6. The molecular weight excluding hydrogens is 500 g/mol. The maximum atomic E-state index is 13.4. The molecule has 3 aromatic carbocycles. The van der Waals surface area contributed by atoms with Gasteiger partial charge in [-0.05, 0) is 60.3 Å². The Balaban J connectivity index is 1.53. The molecule has 4 aromatic rings. The molecule has 0 saturated carbocycles. The van der Waals surface area contributed by atoms with Gasteiger partial charge in [0.25, 0.3) is 10.0 Å². The number of rotatable bonds is 10. The minimum Gasteiger partial charge on any atom is -0.492 e. The number of benzene rings is 3. The van der Waals surface area contributed by atoms with Crippen molar-refractivity contribution in [2.45, 2.75) is 21.3 Å². The molecule has 6 nitrogen and oxygen atoms in total. The lowest BCUT2D eigenvalue weighted by molar-refractivity contribution is -0.115. The zero-order valence-corrected chi connectivity index (χ0v) is 21.3. The van der Waals surface area contributed by atoms with Gasteiger partial charge in [0.2, 0.25) is 5.91 Å². The number of sulfonamides is 1. The molecule has 1 atom stereocenters. The van der Waals surface area contributed by atoms with Gasteiger partial charge >= 0.3 is 0 Å². The molecule has 0 aliphatic rings. The molecule has 1 unspecified atom stereocenters. The van der Waals surface area contributed by atoms with Crippen molar-refractivity contribution in [2.75, 3.05) is 16.6 Å². The van der Waals surface area contributed by atoms with Crippen molar-refractivity contribution < 1.29 is 17.9 Å². The maximum absolute atomic E-state index is 13.4. The molecule has 0 bridgehead atoms. The summed E-state index contributed by atoms with van der Waals surface area (Å²) in [7, 11) is -3.62. The first-order valence-corrected chi connectivity index (χ1v) is 14.1. The Morgan fingerprint density at radius 1 is 0.943 bits per heavy atom. The van der Waals surface area contributed by atoms with Gasteiger partial charge in [-0.1, -0.05) is 48.5 Å². The van der Waals surface area contributed by atoms with Gasteiger partial charge in [0.1, 0.15) is 15.2 Å². The Morgan fingerprint density at radius 2 is 1.66 bits per heavy atom. The number of amides is 1. The minimum atomic E-state index is -3.62. The number of para-hydroxylation sites is 2. The highest BCUT2D eigenvalue weighted by atomic mass is 32.2. The van der Waals surface area contributed by atoms with Crippen LogP contribution in [0.25, 0.3) is 0 Å². The van der Waals surface area contributed by atoms with E-state index in [4.69, 9.17) is 4.74 Å². The molecule has 2 N–H and O–H groups in total. The predicted octanol–water partition coefficient (Wildman–Crippen LogP) is 6.42. The lowest BCUT2D eigenvalue weighted by Gasteiger charge is -2.19. The zero-order chi connectivity index (χ0) is 24.7. The maximum Gasteiger partial charge on any atom is 0.271 e. The summed E-state index contributed by atoms with van der Waals surface area (Å²) in [5.41, 5.74) is 1.92. The van der Waals surface area contributed by atoms with E-state index in [1.54, 1.807) is 41.8 Å². The van der Waals surface area contributed by atoms with Crippen LogP contribution in [0.15, 0.2) is 105 Å². The molecule has 9 heteroatoms. The molecule has 4 rings (SSSR count). The number of carbonyl (C=O) groups is 1. The van der Waals surface area contributed by atoms with Crippen molar-refractivity contribution in [1.29, 1.82) is 0 Å². The number of ether oxygens (including phenoxy) is 1. The highest BCUT2D eigenvalue weighted by Gasteiger charge is 2.23. The summed E-state index contributed by atoms with van der Waals surface area (Å²) < 4.78 is 33.4. The van der Waals surface area contributed by atoms with Gasteiger partial charge < -0.3 is 10.1 Å². The first-order chi connectivity index (χ1) is 17.0. The van der Waals surface area contributed by atoms with Gasteiger partial charge in [0.05, 0.1) is 12.3 Å². The quantitative estimate of drug-likeness (QED) is 0.234. The van der Waals surface area contributed by atoms with Crippen LogP contribution in [0.2, 0.25) is 0 Å². The van der Waals surface area contributed by atoms with E-state index in [1.807, 2.05) is 61.5 Å². The van der Waals surface area contributed by atoms with Gasteiger partial charge in [0.15, 0.2) is 0 Å². The Morgan fingerprint density at radius 3 is 2.34 bits per heavy atom. The lowest BCUT2D eigenvalue weighted by atomic mass is 10.1. The number of hydrogen-bond donors (Lipinski definition) is 2. The second kappa shape index (κ2) is 11.4. The van der Waals surface area contributed by atoms with E-state index in [1.165, 1.54) is 11.8 Å². The van der Waals surface area contributed by atoms with E-state index >= 15 is 0 Å². The third kappa shape index (κ3) is 6.45. The highest BCUT2D eigenvalue weighted by Crippen LogP contribution is 2.37. The molecular formula is C26H24N2O4S3. The van der Waals surface area contributed by atoms with E-state index in [-0.39, 0.29) is 10.1 Å². The number of thioether (sulfide) groups is 1. The predicted molar refractivity (Wildman–Crippen MR) is 143 cm³/mol. The fourth-order valence-electron chi connectivity index (χ4n) is 3.31. The zero-order valence-electron chi connectivity index (χ0n) is 18.9. The summed E-state index contributed by atoms with van der Waals surface area (Å²) in [4.78, 5) is 14.2. The summed E-state index contributed by atoms with van der Waals surface area (Å²) in [5, 5.41) is 4.19. The van der Waals surface area contributed by atoms with E-state index in [0.717, 1.165) is 21.8 Å². The molecule has 0 radical (unpaired) electrons. The molecule has 0 saturated heterocycles. The topological polar surface area (TPSA) is 84.5 Å². The average Bonchev–Trinajstić information content (AvgIpc) is 3.42. The summed E-state index contributed by atoms with van der Waals surface area (Å²) in [6, 6.07) is 27.1. The third-order valence-corrected chi connectivity index (χ3v) is 8.95.